The third-order valence-electron chi connectivity index (χ3n) is 8.21. The topological polar surface area (TPSA) is 210 Å². The summed E-state index contributed by atoms with van der Waals surface area (Å²) < 4.78 is 10.6. The smallest absolute Gasteiger partial charge is 0.407 e. The summed E-state index contributed by atoms with van der Waals surface area (Å²) in [6.45, 7) is 17.2. The van der Waals surface area contributed by atoms with Crippen LogP contribution in [0.25, 0.3) is 0 Å². The van der Waals surface area contributed by atoms with Gasteiger partial charge in [0.25, 0.3) is 0 Å². The molecule has 0 bridgehead atoms. The van der Waals surface area contributed by atoms with Crippen molar-refractivity contribution in [3.63, 3.8) is 0 Å². The molecule has 0 aromatic heterocycles. The van der Waals surface area contributed by atoms with Gasteiger partial charge in [-0.1, -0.05) is 74.5 Å². The molecule has 2 rings (SSSR count). The minimum absolute atomic E-state index is 0.0117. The van der Waals surface area contributed by atoms with E-state index in [2.05, 4.69) is 31.9 Å². The summed E-state index contributed by atoms with van der Waals surface area (Å²) in [4.78, 5) is 92.3. The lowest BCUT2D eigenvalue weighted by Crippen LogP contribution is -2.64. The first kappa shape index (κ1) is 46.7. The second kappa shape index (κ2) is 19.9. The maximum absolute atomic E-state index is 13.8. The molecule has 2 atom stereocenters. The van der Waals surface area contributed by atoms with Crippen molar-refractivity contribution in [1.82, 2.24) is 31.9 Å². The molecule has 15 heteroatoms. The Kier molecular flexibility index (Phi) is 16.6. The van der Waals surface area contributed by atoms with Gasteiger partial charge in [0, 0.05) is 6.42 Å². The first-order valence-corrected chi connectivity index (χ1v) is 18.6. The van der Waals surface area contributed by atoms with Gasteiger partial charge >= 0.3 is 12.1 Å². The van der Waals surface area contributed by atoms with E-state index in [9.17, 15) is 33.6 Å². The van der Waals surface area contributed by atoms with E-state index in [1.165, 1.54) is 41.5 Å². The van der Waals surface area contributed by atoms with Gasteiger partial charge in [0.05, 0.1) is 0 Å². The van der Waals surface area contributed by atoms with Crippen LogP contribution >= 0.6 is 0 Å². The highest BCUT2D eigenvalue weighted by Crippen LogP contribution is 2.16. The molecule has 6 amide bonds. The first-order valence-electron chi connectivity index (χ1n) is 18.6. The number of carbonyl (C=O) groups is 7. The maximum Gasteiger partial charge on any atom is 0.407 e. The minimum atomic E-state index is -1.59. The van der Waals surface area contributed by atoms with Gasteiger partial charge in [-0.15, -0.1) is 0 Å². The van der Waals surface area contributed by atoms with E-state index in [-0.39, 0.29) is 25.4 Å². The van der Waals surface area contributed by atoms with Gasteiger partial charge in [-0.25, -0.2) is 9.59 Å². The van der Waals surface area contributed by atoms with E-state index in [1.54, 1.807) is 69.3 Å². The van der Waals surface area contributed by atoms with Crippen LogP contribution in [0, 0.1) is 5.92 Å². The molecule has 2 aromatic carbocycles. The highest BCUT2D eigenvalue weighted by atomic mass is 16.6. The number of ether oxygens (including phenoxy) is 2. The van der Waals surface area contributed by atoms with Crippen molar-refractivity contribution >= 4 is 41.6 Å². The molecule has 0 spiro atoms. The summed E-state index contributed by atoms with van der Waals surface area (Å²) in [6, 6.07) is 15.7. The molecule has 15 nitrogen and oxygen atoms in total. The monoisotopic (exact) mass is 780 g/mol. The van der Waals surface area contributed by atoms with Crippen LogP contribution in [0.2, 0.25) is 0 Å². The molecule has 0 unspecified atom stereocenters. The molecule has 2 aromatic rings. The number of esters is 1. The number of hydrogen-bond donors (Lipinski definition) is 6. The van der Waals surface area contributed by atoms with Gasteiger partial charge in [0.1, 0.15) is 47.5 Å². The highest BCUT2D eigenvalue weighted by molar-refractivity contribution is 5.98. The Morgan fingerprint density at radius 1 is 0.607 bits per heavy atom. The number of alkyl carbamates (subject to hydrolysis) is 1. The van der Waals surface area contributed by atoms with Crippen molar-refractivity contribution in [2.75, 3.05) is 6.54 Å². The molecule has 0 aliphatic heterocycles. The lowest BCUT2D eigenvalue weighted by atomic mass is 9.97. The van der Waals surface area contributed by atoms with Crippen LogP contribution in [-0.4, -0.2) is 82.4 Å². The van der Waals surface area contributed by atoms with E-state index in [4.69, 9.17) is 9.47 Å². The fraction of sp³-hybridized carbons (Fsp3) is 0.537. The molecule has 0 heterocycles. The van der Waals surface area contributed by atoms with E-state index in [0.717, 1.165) is 11.1 Å². The molecule has 0 fully saturated rings. The third kappa shape index (κ3) is 16.1. The second-order valence-corrected chi connectivity index (χ2v) is 16.7. The Bertz CT molecular complexity index is 1690. The molecular weight excluding hydrogens is 720 g/mol. The van der Waals surface area contributed by atoms with E-state index in [1.807, 2.05) is 26.0 Å². The van der Waals surface area contributed by atoms with Gasteiger partial charge in [-0.3, -0.25) is 24.0 Å². The van der Waals surface area contributed by atoms with Gasteiger partial charge in [-0.05, 0) is 85.8 Å². The molecule has 0 saturated heterocycles. The number of amides is 6. The summed E-state index contributed by atoms with van der Waals surface area (Å²) in [5, 5.41) is 15.7. The van der Waals surface area contributed by atoms with E-state index >= 15 is 0 Å². The number of rotatable bonds is 18. The average Bonchev–Trinajstić information content (AvgIpc) is 3.08. The fourth-order valence-corrected chi connectivity index (χ4v) is 5.12. The zero-order valence-corrected chi connectivity index (χ0v) is 34.5. The summed E-state index contributed by atoms with van der Waals surface area (Å²) in [7, 11) is 0. The van der Waals surface area contributed by atoms with Crippen LogP contribution in [0.3, 0.4) is 0 Å². The summed E-state index contributed by atoms with van der Waals surface area (Å²) in [6.07, 6.45) is -0.556. The summed E-state index contributed by atoms with van der Waals surface area (Å²) in [5.41, 5.74) is -3.83. The minimum Gasteiger partial charge on any atom is -0.458 e. The molecule has 0 aliphatic rings. The van der Waals surface area contributed by atoms with Crippen LogP contribution in [0.15, 0.2) is 60.7 Å². The largest absolute Gasteiger partial charge is 0.458 e. The molecule has 56 heavy (non-hydrogen) atoms. The standard InChI is InChI=1S/C41H60N6O9/c1-26(2)22-29(43-34(51)39(6,7)45-31(48)24-42-37(54)55-25-28-20-16-13-17-21-28)32(49)46-40(8,9)35(52)44-30(23-27-18-14-12-15-19-27)33(50)47-41(10,11)36(53)56-38(3,4)5/h12-21,26,29-30H,22-25H2,1-11H3,(H,42,54)(H,43,51)(H,44,52)(H,45,48)(H,46,49)(H,47,50)/t29-,30-/m0/s1. The molecule has 0 radical (unpaired) electrons. The normalized spacial score (nSPS) is 13.0. The zero-order chi connectivity index (χ0) is 42.5. The van der Waals surface area contributed by atoms with E-state index in [0.29, 0.717) is 0 Å². The maximum atomic E-state index is 13.8. The van der Waals surface area contributed by atoms with Crippen molar-refractivity contribution in [3.8, 4) is 0 Å². The Morgan fingerprint density at radius 3 is 1.59 bits per heavy atom. The van der Waals surface area contributed by atoms with Crippen LogP contribution in [0.1, 0.15) is 93.7 Å². The number of carbonyl (C=O) groups excluding carboxylic acids is 7. The number of nitrogens with one attached hydrogen (secondary N) is 6. The van der Waals surface area contributed by atoms with Gasteiger partial charge in [-0.2, -0.15) is 0 Å². The number of hydrogen-bond acceptors (Lipinski definition) is 9. The lowest BCUT2D eigenvalue weighted by Gasteiger charge is -2.33. The summed E-state index contributed by atoms with van der Waals surface area (Å²) in [5.74, 6) is -4.11. The Hall–Kier alpha value is -5.47. The Labute approximate surface area is 330 Å². The molecule has 6 N–H and O–H groups in total. The van der Waals surface area contributed by atoms with Crippen LogP contribution in [-0.2, 0) is 51.3 Å². The van der Waals surface area contributed by atoms with Crippen LogP contribution in [0.5, 0.6) is 0 Å². The van der Waals surface area contributed by atoms with Crippen molar-refractivity contribution in [2.45, 2.75) is 130 Å². The third-order valence-corrected chi connectivity index (χ3v) is 8.21. The molecule has 308 valence electrons. The number of benzene rings is 2. The van der Waals surface area contributed by atoms with Crippen LogP contribution in [0.4, 0.5) is 4.79 Å². The predicted octanol–water partition coefficient (Wildman–Crippen LogP) is 3.20. The van der Waals surface area contributed by atoms with Crippen molar-refractivity contribution < 1.29 is 43.0 Å². The highest BCUT2D eigenvalue weighted by Gasteiger charge is 2.40. The van der Waals surface area contributed by atoms with Crippen molar-refractivity contribution in [2.24, 2.45) is 5.92 Å². The summed E-state index contributed by atoms with van der Waals surface area (Å²) >= 11 is 0. The lowest BCUT2D eigenvalue weighted by molar-refractivity contribution is -0.163. The Balaban J connectivity index is 2.12. The van der Waals surface area contributed by atoms with Crippen LogP contribution < -0.4 is 31.9 Å². The molecule has 0 aliphatic carbocycles. The van der Waals surface area contributed by atoms with Crippen molar-refractivity contribution in [3.05, 3.63) is 71.8 Å². The molecular formula is C41H60N6O9. The molecule has 0 saturated carbocycles. The van der Waals surface area contributed by atoms with Crippen molar-refractivity contribution in [1.29, 1.82) is 0 Å². The Morgan fingerprint density at radius 2 is 1.07 bits per heavy atom. The van der Waals surface area contributed by atoms with Gasteiger partial charge in [0.15, 0.2) is 0 Å². The van der Waals surface area contributed by atoms with E-state index < -0.39 is 82.4 Å². The predicted molar refractivity (Wildman–Crippen MR) is 211 cm³/mol. The average molecular weight is 781 g/mol. The quantitative estimate of drug-likeness (QED) is 0.123. The SMILES string of the molecule is CC(C)C[C@H](NC(=O)C(C)(C)NC(=O)CNC(=O)OCc1ccccc1)C(=O)NC(C)(C)C(=O)N[C@@H](Cc1ccccc1)C(=O)NC(C)(C)C(=O)OC(C)(C)C. The first-order chi connectivity index (χ1) is 25.8. The fourth-order valence-electron chi connectivity index (χ4n) is 5.12. The second-order valence-electron chi connectivity index (χ2n) is 16.7. The van der Waals surface area contributed by atoms with Gasteiger partial charge in [0.2, 0.25) is 29.5 Å². The van der Waals surface area contributed by atoms with Gasteiger partial charge < -0.3 is 41.4 Å². The zero-order valence-electron chi connectivity index (χ0n) is 34.5.